The monoisotopic (exact) mass is 560 g/mol. The first kappa shape index (κ1) is 26.1. The van der Waals surface area contributed by atoms with Crippen LogP contribution < -0.4 is 9.47 Å². The Labute approximate surface area is 254 Å². The molecule has 2 heteroatoms. The summed E-state index contributed by atoms with van der Waals surface area (Å²) >= 11 is 0. The van der Waals surface area contributed by atoms with Crippen LogP contribution in [0.5, 0.6) is 11.5 Å². The number of hydrogen-bond donors (Lipinski definition) is 0. The summed E-state index contributed by atoms with van der Waals surface area (Å²) in [5.41, 5.74) is 11.1. The molecule has 0 fully saturated rings. The maximum atomic E-state index is 7.57. The normalized spacial score (nSPS) is 19.1. The van der Waals surface area contributed by atoms with E-state index in [2.05, 4.69) is 129 Å². The van der Waals surface area contributed by atoms with Gasteiger partial charge >= 0.3 is 0 Å². The zero-order chi connectivity index (χ0) is 29.2. The van der Waals surface area contributed by atoms with Crippen molar-refractivity contribution in [1.29, 1.82) is 0 Å². The number of methoxy groups -OCH3 is 1. The SMILES string of the molecule is CCC1(CC)c2ccccc2-c2c1c1c(c3cc(OC)ccc23)OC(C2=Cc3ccccc3CC2)(c2ccccc2)C=C1. The molecule has 43 heavy (non-hydrogen) atoms. The van der Waals surface area contributed by atoms with Gasteiger partial charge in [0.15, 0.2) is 5.60 Å². The molecule has 3 aliphatic rings. The summed E-state index contributed by atoms with van der Waals surface area (Å²) in [5, 5.41) is 2.33. The zero-order valence-electron chi connectivity index (χ0n) is 25.1. The lowest BCUT2D eigenvalue weighted by Gasteiger charge is -2.41. The van der Waals surface area contributed by atoms with Crippen molar-refractivity contribution in [3.8, 4) is 22.6 Å². The molecule has 0 saturated heterocycles. The molecule has 1 heterocycles. The minimum Gasteiger partial charge on any atom is -0.497 e. The van der Waals surface area contributed by atoms with E-state index in [9.17, 15) is 0 Å². The zero-order valence-corrected chi connectivity index (χ0v) is 25.1. The Kier molecular flexibility index (Phi) is 5.91. The van der Waals surface area contributed by atoms with Crippen molar-refractivity contribution < 1.29 is 9.47 Å². The molecule has 0 amide bonds. The van der Waals surface area contributed by atoms with Crippen LogP contribution in [-0.2, 0) is 17.4 Å². The van der Waals surface area contributed by atoms with Gasteiger partial charge in [-0.15, -0.1) is 0 Å². The van der Waals surface area contributed by atoms with Crippen LogP contribution >= 0.6 is 0 Å². The topological polar surface area (TPSA) is 18.5 Å². The molecule has 0 radical (unpaired) electrons. The summed E-state index contributed by atoms with van der Waals surface area (Å²) < 4.78 is 13.4. The van der Waals surface area contributed by atoms with Crippen LogP contribution in [0.1, 0.15) is 66.5 Å². The fourth-order valence-electron chi connectivity index (χ4n) is 8.19. The Balaban J connectivity index is 1.46. The fraction of sp³-hybridized carbons (Fsp3) is 0.220. The summed E-state index contributed by atoms with van der Waals surface area (Å²) in [7, 11) is 1.74. The highest BCUT2D eigenvalue weighted by Crippen LogP contribution is 2.60. The molecule has 0 N–H and O–H groups in total. The molecule has 5 aromatic carbocycles. The molecule has 0 aromatic heterocycles. The quantitative estimate of drug-likeness (QED) is 0.213. The third-order valence-corrected chi connectivity index (χ3v) is 10.4. The average molecular weight is 561 g/mol. The molecule has 1 aliphatic heterocycles. The van der Waals surface area contributed by atoms with E-state index in [0.29, 0.717) is 0 Å². The van der Waals surface area contributed by atoms with Gasteiger partial charge in [-0.1, -0.05) is 105 Å². The van der Waals surface area contributed by atoms with Crippen molar-refractivity contribution >= 4 is 22.9 Å². The Morgan fingerprint density at radius 3 is 2.37 bits per heavy atom. The molecule has 0 saturated carbocycles. The highest BCUT2D eigenvalue weighted by Gasteiger charge is 2.47. The molecule has 1 unspecified atom stereocenters. The van der Waals surface area contributed by atoms with Gasteiger partial charge in [-0.05, 0) is 94.3 Å². The maximum absolute atomic E-state index is 7.57. The molecule has 0 spiro atoms. The van der Waals surface area contributed by atoms with Crippen LogP contribution in [0.4, 0.5) is 0 Å². The van der Waals surface area contributed by atoms with E-state index < -0.39 is 5.60 Å². The van der Waals surface area contributed by atoms with Crippen LogP contribution in [0.15, 0.2) is 109 Å². The van der Waals surface area contributed by atoms with Crippen LogP contribution in [0, 0.1) is 0 Å². The van der Waals surface area contributed by atoms with E-state index in [1.54, 1.807) is 7.11 Å². The molecular weight excluding hydrogens is 524 g/mol. The molecule has 2 aliphatic carbocycles. The van der Waals surface area contributed by atoms with E-state index in [-0.39, 0.29) is 5.41 Å². The predicted octanol–water partition coefficient (Wildman–Crippen LogP) is 10.3. The fourth-order valence-corrected chi connectivity index (χ4v) is 8.19. The molecule has 0 bridgehead atoms. The minimum absolute atomic E-state index is 0.0758. The molecule has 212 valence electrons. The van der Waals surface area contributed by atoms with Gasteiger partial charge in [0.25, 0.3) is 0 Å². The number of fused-ring (bicyclic) bond motifs is 9. The van der Waals surface area contributed by atoms with E-state index >= 15 is 0 Å². The minimum atomic E-state index is -0.710. The van der Waals surface area contributed by atoms with Crippen molar-refractivity contribution in [3.63, 3.8) is 0 Å². The number of hydrogen-bond acceptors (Lipinski definition) is 2. The van der Waals surface area contributed by atoms with Gasteiger partial charge in [-0.3, -0.25) is 0 Å². The van der Waals surface area contributed by atoms with E-state index in [4.69, 9.17) is 9.47 Å². The lowest BCUT2D eigenvalue weighted by atomic mass is 9.70. The second-order valence-corrected chi connectivity index (χ2v) is 12.1. The Hall–Kier alpha value is -4.56. The first-order valence-corrected chi connectivity index (χ1v) is 15.6. The summed E-state index contributed by atoms with van der Waals surface area (Å²) in [5.74, 6) is 1.80. The first-order valence-electron chi connectivity index (χ1n) is 15.6. The highest BCUT2D eigenvalue weighted by molar-refractivity contribution is 6.09. The van der Waals surface area contributed by atoms with Crippen molar-refractivity contribution in [2.75, 3.05) is 7.11 Å². The van der Waals surface area contributed by atoms with Gasteiger partial charge < -0.3 is 9.47 Å². The molecule has 5 aromatic rings. The lowest BCUT2D eigenvalue weighted by Crippen LogP contribution is -2.37. The smallest absolute Gasteiger partial charge is 0.174 e. The Morgan fingerprint density at radius 2 is 1.56 bits per heavy atom. The van der Waals surface area contributed by atoms with Crippen LogP contribution in [0.25, 0.3) is 34.1 Å². The maximum Gasteiger partial charge on any atom is 0.174 e. The average Bonchev–Trinajstić information content (AvgIpc) is 3.39. The molecular formula is C41H36O2. The third-order valence-electron chi connectivity index (χ3n) is 10.4. The van der Waals surface area contributed by atoms with Crippen molar-refractivity contribution in [2.45, 2.75) is 50.5 Å². The standard InChI is InChI=1S/C41H36O2/c1-4-40(5-2)36-18-12-11-17-33(36)37-32-22-21-31(42-3)26-35(32)39-34(38(37)40)23-24-41(43-39,29-15-7-6-8-16-29)30-20-19-27-13-9-10-14-28(27)25-30/h6-18,21-26H,4-5,19-20H2,1-3H3. The highest BCUT2D eigenvalue weighted by atomic mass is 16.5. The molecule has 1 atom stereocenters. The van der Waals surface area contributed by atoms with E-state index in [0.717, 1.165) is 48.1 Å². The third kappa shape index (κ3) is 3.59. The van der Waals surface area contributed by atoms with Crippen molar-refractivity contribution in [1.82, 2.24) is 0 Å². The van der Waals surface area contributed by atoms with Crippen LogP contribution in [0.2, 0.25) is 0 Å². The Morgan fingerprint density at radius 1 is 0.791 bits per heavy atom. The van der Waals surface area contributed by atoms with Gasteiger partial charge in [0.1, 0.15) is 11.5 Å². The summed E-state index contributed by atoms with van der Waals surface area (Å²) in [6.07, 6.45) is 11.1. The summed E-state index contributed by atoms with van der Waals surface area (Å²) in [6.45, 7) is 4.68. The van der Waals surface area contributed by atoms with Crippen LogP contribution in [-0.4, -0.2) is 7.11 Å². The predicted molar refractivity (Wildman–Crippen MR) is 178 cm³/mol. The summed E-state index contributed by atoms with van der Waals surface area (Å²) in [6, 6.07) is 35.1. The van der Waals surface area contributed by atoms with Gasteiger partial charge in [-0.2, -0.15) is 0 Å². The molecule has 8 rings (SSSR count). The number of rotatable bonds is 5. The summed E-state index contributed by atoms with van der Waals surface area (Å²) in [4.78, 5) is 0. The number of aryl methyl sites for hydroxylation is 1. The van der Waals surface area contributed by atoms with Crippen molar-refractivity contribution in [3.05, 3.63) is 142 Å². The van der Waals surface area contributed by atoms with E-state index in [1.807, 2.05) is 0 Å². The lowest BCUT2D eigenvalue weighted by molar-refractivity contribution is 0.155. The Bertz CT molecular complexity index is 1960. The number of ether oxygens (including phenoxy) is 2. The van der Waals surface area contributed by atoms with Gasteiger partial charge in [0.2, 0.25) is 0 Å². The second kappa shape index (κ2) is 9.74. The molecule has 2 nitrogen and oxygen atoms in total. The van der Waals surface area contributed by atoms with Crippen molar-refractivity contribution in [2.24, 2.45) is 0 Å². The van der Waals surface area contributed by atoms with Gasteiger partial charge in [0.05, 0.1) is 7.11 Å². The second-order valence-electron chi connectivity index (χ2n) is 12.1. The largest absolute Gasteiger partial charge is 0.497 e. The van der Waals surface area contributed by atoms with Crippen LogP contribution in [0.3, 0.4) is 0 Å². The van der Waals surface area contributed by atoms with E-state index in [1.165, 1.54) is 49.9 Å². The first-order chi connectivity index (χ1) is 21.1. The van der Waals surface area contributed by atoms with Gasteiger partial charge in [-0.25, -0.2) is 0 Å². The number of benzene rings is 5. The van der Waals surface area contributed by atoms with Gasteiger partial charge in [0, 0.05) is 21.9 Å².